The van der Waals surface area contributed by atoms with Crippen LogP contribution in [0.25, 0.3) is 0 Å². The molecular weight excluding hydrogens is 256 g/mol. The van der Waals surface area contributed by atoms with Gasteiger partial charge in [0, 0.05) is 19.2 Å². The molecule has 6 nitrogen and oxygen atoms in total. The van der Waals surface area contributed by atoms with Crippen molar-refractivity contribution >= 4 is 11.6 Å². The van der Waals surface area contributed by atoms with Crippen molar-refractivity contribution < 1.29 is 9.21 Å². The summed E-state index contributed by atoms with van der Waals surface area (Å²) in [6.45, 7) is 0.429. The van der Waals surface area contributed by atoms with E-state index in [1.54, 1.807) is 18.2 Å². The van der Waals surface area contributed by atoms with Crippen LogP contribution in [0.3, 0.4) is 0 Å². The lowest BCUT2D eigenvalue weighted by atomic mass is 10.1. The Balaban J connectivity index is 2.25. The quantitative estimate of drug-likeness (QED) is 0.497. The number of furan rings is 1. The first-order valence-electron chi connectivity index (χ1n) is 5.95. The molecule has 1 aromatic heterocycles. The first kappa shape index (κ1) is 13.6. The first-order chi connectivity index (χ1) is 9.67. The highest BCUT2D eigenvalue weighted by Gasteiger charge is 2.16. The lowest BCUT2D eigenvalue weighted by Gasteiger charge is -2.20. The van der Waals surface area contributed by atoms with Crippen LogP contribution in [0.15, 0.2) is 41.0 Å². The summed E-state index contributed by atoms with van der Waals surface area (Å²) in [6.07, 6.45) is 1.43. The molecule has 102 valence electrons. The molecule has 1 aromatic carbocycles. The normalized spacial score (nSPS) is 9.85. The third kappa shape index (κ3) is 2.63. The third-order valence-electron chi connectivity index (χ3n) is 2.93. The van der Waals surface area contributed by atoms with E-state index in [0.29, 0.717) is 17.7 Å². The van der Waals surface area contributed by atoms with Crippen molar-refractivity contribution in [2.45, 2.75) is 6.54 Å². The minimum absolute atomic E-state index is 0.175. The molecule has 0 aliphatic carbocycles. The molecule has 2 rings (SSSR count). The van der Waals surface area contributed by atoms with Gasteiger partial charge >= 0.3 is 5.91 Å². The molecule has 2 aromatic rings. The summed E-state index contributed by atoms with van der Waals surface area (Å²) >= 11 is 0. The predicted molar refractivity (Wildman–Crippen MR) is 73.6 cm³/mol. The summed E-state index contributed by atoms with van der Waals surface area (Å²) < 4.78 is 5.13. The highest BCUT2D eigenvalue weighted by atomic mass is 16.3. The number of carbonyl (C=O) groups excluding carboxylic acids is 1. The van der Waals surface area contributed by atoms with Crippen LogP contribution >= 0.6 is 0 Å². The number of rotatable bonds is 4. The van der Waals surface area contributed by atoms with Crippen LogP contribution in [0.5, 0.6) is 0 Å². The second kappa shape index (κ2) is 5.91. The monoisotopic (exact) mass is 270 g/mol. The first-order valence-corrected chi connectivity index (χ1v) is 5.95. The van der Waals surface area contributed by atoms with Gasteiger partial charge in [-0.15, -0.1) is 0 Å². The van der Waals surface area contributed by atoms with Gasteiger partial charge in [0.15, 0.2) is 5.76 Å². The molecular formula is C14H14N4O2. The van der Waals surface area contributed by atoms with Crippen molar-refractivity contribution in [3.05, 3.63) is 53.5 Å². The largest absolute Gasteiger partial charge is 0.459 e. The molecule has 0 saturated heterocycles. The maximum Gasteiger partial charge on any atom is 0.301 e. The highest BCUT2D eigenvalue weighted by Crippen LogP contribution is 2.21. The van der Waals surface area contributed by atoms with Crippen LogP contribution in [-0.4, -0.2) is 13.0 Å². The van der Waals surface area contributed by atoms with Crippen molar-refractivity contribution in [3.8, 4) is 6.07 Å². The lowest BCUT2D eigenvalue weighted by molar-refractivity contribution is 0.0924. The van der Waals surface area contributed by atoms with Gasteiger partial charge in [-0.2, -0.15) is 5.26 Å². The summed E-state index contributed by atoms with van der Waals surface area (Å²) in [4.78, 5) is 13.4. The minimum atomic E-state index is -0.480. The van der Waals surface area contributed by atoms with Gasteiger partial charge in [0.05, 0.1) is 17.5 Å². The van der Waals surface area contributed by atoms with E-state index in [0.717, 1.165) is 5.69 Å². The van der Waals surface area contributed by atoms with Gasteiger partial charge < -0.3 is 9.32 Å². The van der Waals surface area contributed by atoms with E-state index in [2.05, 4.69) is 6.07 Å². The molecule has 0 aliphatic heterocycles. The van der Waals surface area contributed by atoms with Crippen molar-refractivity contribution in [2.75, 3.05) is 11.9 Å². The average molecular weight is 270 g/mol. The Kier molecular flexibility index (Phi) is 4.03. The van der Waals surface area contributed by atoms with E-state index < -0.39 is 5.91 Å². The number of amides is 1. The van der Waals surface area contributed by atoms with E-state index in [1.165, 1.54) is 6.26 Å². The molecule has 0 atom stereocenters. The maximum atomic E-state index is 11.5. The van der Waals surface area contributed by atoms with Gasteiger partial charge in [0.1, 0.15) is 6.07 Å². The number of nitrogens with one attached hydrogen (secondary N) is 1. The van der Waals surface area contributed by atoms with Gasteiger partial charge in [0.2, 0.25) is 0 Å². The van der Waals surface area contributed by atoms with Gasteiger partial charge in [-0.25, -0.2) is 5.84 Å². The fourth-order valence-electron chi connectivity index (χ4n) is 1.97. The molecule has 6 heteroatoms. The number of nitrogen functional groups attached to an aromatic ring is 1. The van der Waals surface area contributed by atoms with E-state index in [-0.39, 0.29) is 5.76 Å². The number of hydrogen-bond acceptors (Lipinski definition) is 5. The second-order valence-electron chi connectivity index (χ2n) is 4.23. The van der Waals surface area contributed by atoms with E-state index in [4.69, 9.17) is 15.5 Å². The van der Waals surface area contributed by atoms with Crippen LogP contribution in [-0.2, 0) is 6.54 Å². The van der Waals surface area contributed by atoms with Gasteiger partial charge in [-0.3, -0.25) is 10.2 Å². The summed E-state index contributed by atoms with van der Waals surface area (Å²) in [7, 11) is 1.84. The fraction of sp³-hybridized carbons (Fsp3) is 0.143. The summed E-state index contributed by atoms with van der Waals surface area (Å²) in [5, 5.41) is 9.10. The van der Waals surface area contributed by atoms with Crippen LogP contribution in [0, 0.1) is 11.3 Å². The van der Waals surface area contributed by atoms with Crippen LogP contribution in [0.1, 0.15) is 21.7 Å². The van der Waals surface area contributed by atoms with Gasteiger partial charge in [0.25, 0.3) is 0 Å². The molecule has 0 spiro atoms. The number of hydrazine groups is 1. The molecule has 3 N–H and O–H groups in total. The van der Waals surface area contributed by atoms with Crippen molar-refractivity contribution in [1.29, 1.82) is 5.26 Å². The molecule has 0 unspecified atom stereocenters. The standard InChI is InChI=1S/C14H14N4O2/c1-18(12-5-3-2-4-10(12)8-15)9-11-6-7-20-13(11)14(19)17-16/h2-7H,9,16H2,1H3,(H,17,19). The van der Waals surface area contributed by atoms with E-state index >= 15 is 0 Å². The fourth-order valence-corrected chi connectivity index (χ4v) is 1.97. The van der Waals surface area contributed by atoms with Crippen molar-refractivity contribution in [1.82, 2.24) is 5.43 Å². The highest BCUT2D eigenvalue weighted by molar-refractivity contribution is 5.92. The Morgan fingerprint density at radius 3 is 2.90 bits per heavy atom. The number of anilines is 1. The van der Waals surface area contributed by atoms with Gasteiger partial charge in [-0.1, -0.05) is 12.1 Å². The van der Waals surface area contributed by atoms with Crippen LogP contribution in [0.2, 0.25) is 0 Å². The predicted octanol–water partition coefficient (Wildman–Crippen LogP) is 1.39. The molecule has 1 amide bonds. The van der Waals surface area contributed by atoms with Crippen LogP contribution in [0.4, 0.5) is 5.69 Å². The number of nitrogens with zero attached hydrogens (tertiary/aromatic N) is 2. The zero-order valence-corrected chi connectivity index (χ0v) is 11.0. The summed E-state index contributed by atoms with van der Waals surface area (Å²) in [5.74, 6) is 4.80. The molecule has 0 bridgehead atoms. The lowest BCUT2D eigenvalue weighted by Crippen LogP contribution is -2.31. The smallest absolute Gasteiger partial charge is 0.301 e. The number of carbonyl (C=O) groups is 1. The number of para-hydroxylation sites is 1. The van der Waals surface area contributed by atoms with Crippen LogP contribution < -0.4 is 16.2 Å². The van der Waals surface area contributed by atoms with Crippen molar-refractivity contribution in [3.63, 3.8) is 0 Å². The summed E-state index contributed by atoms with van der Waals surface area (Å²) in [6, 6.07) is 11.1. The van der Waals surface area contributed by atoms with Crippen molar-refractivity contribution in [2.24, 2.45) is 5.84 Å². The summed E-state index contributed by atoms with van der Waals surface area (Å²) in [5.41, 5.74) is 4.10. The topological polar surface area (TPSA) is 95.3 Å². The molecule has 20 heavy (non-hydrogen) atoms. The number of nitrogens with two attached hydrogens (primary N) is 1. The van der Waals surface area contributed by atoms with E-state index in [1.807, 2.05) is 29.5 Å². The second-order valence-corrected chi connectivity index (χ2v) is 4.23. The third-order valence-corrected chi connectivity index (χ3v) is 2.93. The zero-order valence-electron chi connectivity index (χ0n) is 11.0. The molecule has 0 aliphatic rings. The van der Waals surface area contributed by atoms with Gasteiger partial charge in [-0.05, 0) is 18.2 Å². The molecule has 1 heterocycles. The average Bonchev–Trinajstić information content (AvgIpc) is 2.94. The Hall–Kier alpha value is -2.78. The number of benzene rings is 1. The zero-order chi connectivity index (χ0) is 14.5. The number of nitriles is 1. The Morgan fingerprint density at radius 1 is 1.45 bits per heavy atom. The maximum absolute atomic E-state index is 11.5. The minimum Gasteiger partial charge on any atom is -0.459 e. The molecule has 0 radical (unpaired) electrons. The van der Waals surface area contributed by atoms with E-state index in [9.17, 15) is 4.79 Å². The Labute approximate surface area is 116 Å². The Bertz CT molecular complexity index is 657. The number of hydrogen-bond donors (Lipinski definition) is 2. The molecule has 0 saturated carbocycles. The molecule has 0 fully saturated rings. The SMILES string of the molecule is CN(Cc1ccoc1C(=O)NN)c1ccccc1C#N. The Morgan fingerprint density at radius 2 is 2.20 bits per heavy atom.